The van der Waals surface area contributed by atoms with Gasteiger partial charge in [-0.15, -0.1) is 0 Å². The Morgan fingerprint density at radius 1 is 1.47 bits per heavy atom. The summed E-state index contributed by atoms with van der Waals surface area (Å²) in [6.45, 7) is 4.46. The molecule has 0 aliphatic carbocycles. The number of carboxylic acids is 1. The van der Waals surface area contributed by atoms with Crippen LogP contribution in [0.25, 0.3) is 0 Å². The van der Waals surface area contributed by atoms with Gasteiger partial charge in [-0.2, -0.15) is 0 Å². The van der Waals surface area contributed by atoms with Crippen LogP contribution in [-0.2, 0) is 14.3 Å². The fourth-order valence-electron chi connectivity index (χ4n) is 1.10. The van der Waals surface area contributed by atoms with E-state index in [0.717, 1.165) is 11.4 Å². The van der Waals surface area contributed by atoms with Crippen molar-refractivity contribution in [2.45, 2.75) is 32.4 Å². The molecule has 0 bridgehead atoms. The molecule has 110 valence electrons. The molecule has 0 radical (unpaired) electrons. The number of nitrogens with zero attached hydrogens (tertiary/aromatic N) is 2. The smallest absolute Gasteiger partial charge is 0.372 e. The zero-order valence-corrected chi connectivity index (χ0v) is 12.1. The van der Waals surface area contributed by atoms with E-state index in [1.165, 1.54) is 6.54 Å². The normalized spacial score (nSPS) is 22.1. The number of hydrogen-bond acceptors (Lipinski definition) is 5. The van der Waals surface area contributed by atoms with E-state index in [1.807, 2.05) is 0 Å². The summed E-state index contributed by atoms with van der Waals surface area (Å²) in [6, 6.07) is 0. The molecule has 1 rings (SSSR count). The molecule has 19 heavy (non-hydrogen) atoms. The van der Waals surface area contributed by atoms with Gasteiger partial charge in [0.15, 0.2) is 0 Å². The summed E-state index contributed by atoms with van der Waals surface area (Å²) in [4.78, 5) is 24.5. The first kappa shape index (κ1) is 17.4. The first-order chi connectivity index (χ1) is 8.52. The van der Waals surface area contributed by atoms with E-state index in [9.17, 15) is 14.7 Å². The largest absolute Gasteiger partial charge is 0.862 e. The topological polar surface area (TPSA) is 99.0 Å². The zero-order valence-electron chi connectivity index (χ0n) is 12.1. The summed E-state index contributed by atoms with van der Waals surface area (Å²) in [5.41, 5.74) is -1.97. The Morgan fingerprint density at radius 2 is 1.95 bits per heavy atom. The zero-order chi connectivity index (χ0) is 15.3. The number of ether oxygens (including phenoxy) is 1. The van der Waals surface area contributed by atoms with Crippen molar-refractivity contribution >= 4 is 17.8 Å². The fourth-order valence-corrected chi connectivity index (χ4v) is 1.10. The molecule has 0 aromatic carbocycles. The van der Waals surface area contributed by atoms with Gasteiger partial charge in [0.2, 0.25) is 0 Å². The molecule has 1 heterocycles. The Kier molecular flexibility index (Phi) is 5.95. The van der Waals surface area contributed by atoms with E-state index < -0.39 is 23.6 Å². The molecule has 0 unspecified atom stereocenters. The van der Waals surface area contributed by atoms with E-state index in [1.54, 1.807) is 0 Å². The standard InChI is InChI=1S/C7H9NO5.C5H14N/c1-4(9)13-7(6(11)12)3-2-5(10)8-7;1-5-6(2,3)4/h2-3H2,1H3,(H,8,10)(H,11,12);5H2,1-4H3/q;+1/p-1/t7-;/m1./s1. The van der Waals surface area contributed by atoms with Gasteiger partial charge in [0.05, 0.1) is 27.7 Å². The van der Waals surface area contributed by atoms with Crippen molar-refractivity contribution in [3.8, 4) is 0 Å². The molecule has 0 amide bonds. The van der Waals surface area contributed by atoms with Crippen molar-refractivity contribution in [1.29, 1.82) is 0 Å². The maximum absolute atomic E-state index is 10.7. The lowest BCUT2D eigenvalue weighted by molar-refractivity contribution is -0.868. The van der Waals surface area contributed by atoms with Crippen molar-refractivity contribution in [3.05, 3.63) is 0 Å². The highest BCUT2D eigenvalue weighted by Crippen LogP contribution is 2.26. The van der Waals surface area contributed by atoms with Gasteiger partial charge in [0.1, 0.15) is 0 Å². The highest BCUT2D eigenvalue weighted by molar-refractivity contribution is 5.87. The molecule has 1 aliphatic heterocycles. The van der Waals surface area contributed by atoms with Gasteiger partial charge in [-0.3, -0.25) is 9.79 Å². The molecular weight excluding hydrogens is 252 g/mol. The lowest BCUT2D eigenvalue weighted by atomic mass is 10.1. The van der Waals surface area contributed by atoms with E-state index in [0.29, 0.717) is 0 Å². The third kappa shape index (κ3) is 6.19. The molecule has 1 aliphatic rings. The third-order valence-corrected chi connectivity index (χ3v) is 2.58. The lowest BCUT2D eigenvalue weighted by Crippen LogP contribution is -2.39. The fraction of sp³-hybridized carbons (Fsp3) is 0.750. The average molecular weight is 274 g/mol. The summed E-state index contributed by atoms with van der Waals surface area (Å²) in [6.07, 6.45) is -0.0830. The molecular formula is C12H22N2O5. The highest BCUT2D eigenvalue weighted by Gasteiger charge is 2.44. The molecule has 1 N–H and O–H groups in total. The van der Waals surface area contributed by atoms with Crippen molar-refractivity contribution in [2.24, 2.45) is 4.99 Å². The van der Waals surface area contributed by atoms with Crippen molar-refractivity contribution in [2.75, 3.05) is 27.7 Å². The third-order valence-electron chi connectivity index (χ3n) is 2.58. The molecule has 0 saturated carbocycles. The van der Waals surface area contributed by atoms with Crippen molar-refractivity contribution in [1.82, 2.24) is 0 Å². The number of aliphatic imine (C=N–C) groups is 1. The van der Waals surface area contributed by atoms with Gasteiger partial charge in [-0.1, -0.05) is 0 Å². The summed E-state index contributed by atoms with van der Waals surface area (Å²) in [7, 11) is 6.54. The molecule has 0 aromatic rings. The molecule has 7 nitrogen and oxygen atoms in total. The van der Waals surface area contributed by atoms with Crippen LogP contribution < -0.4 is 5.11 Å². The van der Waals surface area contributed by atoms with Crippen LogP contribution in [0, 0.1) is 0 Å². The van der Waals surface area contributed by atoms with Crippen LogP contribution in [0.3, 0.4) is 0 Å². The van der Waals surface area contributed by atoms with Crippen molar-refractivity contribution < 1.29 is 29.0 Å². The SMILES string of the molecule is CC(=O)O[C@@]1(C(=O)O)CCC([O-])=N1.CC[N+](C)(C)C. The number of aliphatic carboxylic acids is 1. The monoisotopic (exact) mass is 274 g/mol. The van der Waals surface area contributed by atoms with E-state index in [4.69, 9.17) is 5.11 Å². The van der Waals surface area contributed by atoms with Gasteiger partial charge < -0.3 is 19.4 Å². The van der Waals surface area contributed by atoms with E-state index >= 15 is 0 Å². The minimum absolute atomic E-state index is 0.000417. The number of quaternary nitrogens is 1. The Bertz CT molecular complexity index is 373. The number of esters is 1. The lowest BCUT2D eigenvalue weighted by Gasteiger charge is -2.20. The second-order valence-corrected chi connectivity index (χ2v) is 5.30. The number of rotatable bonds is 3. The van der Waals surface area contributed by atoms with Crippen LogP contribution >= 0.6 is 0 Å². The molecule has 0 saturated heterocycles. The predicted octanol–water partition coefficient (Wildman–Crippen LogP) is -0.404. The Morgan fingerprint density at radius 3 is 2.16 bits per heavy atom. The molecule has 0 aromatic heterocycles. The van der Waals surface area contributed by atoms with E-state index in [2.05, 4.69) is 37.8 Å². The Hall–Kier alpha value is -1.63. The summed E-state index contributed by atoms with van der Waals surface area (Å²) in [5.74, 6) is -2.72. The second-order valence-electron chi connectivity index (χ2n) is 5.30. The highest BCUT2D eigenvalue weighted by atomic mass is 16.6. The van der Waals surface area contributed by atoms with Crippen LogP contribution in [0.5, 0.6) is 0 Å². The number of carbonyl (C=O) groups excluding carboxylic acids is 1. The molecule has 7 heteroatoms. The summed E-state index contributed by atoms with van der Waals surface area (Å²) < 4.78 is 5.57. The molecule has 1 atom stereocenters. The number of carbonyl (C=O) groups is 2. The average Bonchev–Trinajstić information content (AvgIpc) is 2.60. The first-order valence-electron chi connectivity index (χ1n) is 6.01. The van der Waals surface area contributed by atoms with Gasteiger partial charge in [0.25, 0.3) is 5.72 Å². The van der Waals surface area contributed by atoms with Crippen LogP contribution in [0.2, 0.25) is 0 Å². The predicted molar refractivity (Wildman–Crippen MR) is 67.4 cm³/mol. The second kappa shape index (κ2) is 6.51. The van der Waals surface area contributed by atoms with Gasteiger partial charge in [0, 0.05) is 13.3 Å². The summed E-state index contributed by atoms with van der Waals surface area (Å²) >= 11 is 0. The van der Waals surface area contributed by atoms with Crippen LogP contribution in [-0.4, -0.2) is 60.8 Å². The number of hydrogen-bond donors (Lipinski definition) is 1. The minimum atomic E-state index is -1.97. The Balaban J connectivity index is 0.000000459. The number of carboxylic acid groups (broad SMARTS) is 1. The molecule has 0 fully saturated rings. The summed E-state index contributed by atoms with van der Waals surface area (Å²) in [5, 5.41) is 19.4. The Labute approximate surface area is 113 Å². The van der Waals surface area contributed by atoms with Crippen LogP contribution in [0.4, 0.5) is 0 Å². The quantitative estimate of drug-likeness (QED) is 0.557. The van der Waals surface area contributed by atoms with Gasteiger partial charge >= 0.3 is 11.9 Å². The molecule has 0 spiro atoms. The van der Waals surface area contributed by atoms with Gasteiger partial charge in [-0.05, 0) is 19.2 Å². The van der Waals surface area contributed by atoms with Gasteiger partial charge in [-0.25, -0.2) is 4.79 Å². The maximum atomic E-state index is 10.7. The van der Waals surface area contributed by atoms with Crippen LogP contribution in [0.1, 0.15) is 26.7 Å². The van der Waals surface area contributed by atoms with Crippen LogP contribution in [0.15, 0.2) is 4.99 Å². The minimum Gasteiger partial charge on any atom is -0.862 e. The first-order valence-corrected chi connectivity index (χ1v) is 6.01. The maximum Gasteiger partial charge on any atom is 0.372 e. The van der Waals surface area contributed by atoms with E-state index in [-0.39, 0.29) is 12.8 Å². The van der Waals surface area contributed by atoms with Crippen molar-refractivity contribution in [3.63, 3.8) is 0 Å².